The van der Waals surface area contributed by atoms with Gasteiger partial charge in [0.25, 0.3) is 5.69 Å². The highest BCUT2D eigenvalue weighted by atomic mass is 16.6. The second-order valence-electron chi connectivity index (χ2n) is 3.58. The van der Waals surface area contributed by atoms with E-state index < -0.39 is 10.9 Å². The smallest absolute Gasteiger partial charge is 0.330 e. The number of non-ortho nitro benzene ring substituents is 1. The molecule has 0 spiro atoms. The number of rotatable bonds is 6. The van der Waals surface area contributed by atoms with Gasteiger partial charge in [0.1, 0.15) is 5.75 Å². The Labute approximate surface area is 104 Å². The molecule has 1 rings (SSSR count). The van der Waals surface area contributed by atoms with E-state index in [4.69, 9.17) is 9.84 Å². The maximum absolute atomic E-state index is 10.5. The third kappa shape index (κ3) is 4.25. The summed E-state index contributed by atoms with van der Waals surface area (Å²) < 4.78 is 5.31. The lowest BCUT2D eigenvalue weighted by molar-refractivity contribution is -0.384. The van der Waals surface area contributed by atoms with Crippen molar-refractivity contribution in [3.63, 3.8) is 0 Å². The first-order valence-corrected chi connectivity index (χ1v) is 5.28. The molecule has 0 saturated carbocycles. The number of nitrogens with zero attached hydrogens (tertiary/aromatic N) is 1. The number of aliphatic carboxylic acids is 1. The molecule has 0 amide bonds. The number of benzene rings is 1. The predicted molar refractivity (Wildman–Crippen MR) is 64.6 cm³/mol. The molecular weight excluding hydrogens is 238 g/mol. The van der Waals surface area contributed by atoms with E-state index in [0.29, 0.717) is 18.8 Å². The first kappa shape index (κ1) is 13.7. The van der Waals surface area contributed by atoms with Gasteiger partial charge in [-0.25, -0.2) is 4.79 Å². The lowest BCUT2D eigenvalue weighted by atomic mass is 10.2. The van der Waals surface area contributed by atoms with E-state index in [1.54, 1.807) is 6.08 Å². The molecule has 18 heavy (non-hydrogen) atoms. The van der Waals surface area contributed by atoms with Gasteiger partial charge >= 0.3 is 5.97 Å². The molecule has 6 nitrogen and oxygen atoms in total. The molecule has 0 unspecified atom stereocenters. The van der Waals surface area contributed by atoms with Crippen molar-refractivity contribution in [2.45, 2.75) is 13.3 Å². The van der Waals surface area contributed by atoms with Crippen LogP contribution in [0.3, 0.4) is 0 Å². The van der Waals surface area contributed by atoms with Crippen LogP contribution in [0.25, 0.3) is 0 Å². The topological polar surface area (TPSA) is 89.7 Å². The van der Waals surface area contributed by atoms with Crippen molar-refractivity contribution < 1.29 is 19.6 Å². The Bertz CT molecular complexity index is 464. The van der Waals surface area contributed by atoms with Crippen molar-refractivity contribution in [3.05, 3.63) is 46.0 Å². The van der Waals surface area contributed by atoms with Crippen LogP contribution in [0.4, 0.5) is 5.69 Å². The van der Waals surface area contributed by atoms with E-state index in [1.807, 2.05) is 0 Å². The molecule has 0 radical (unpaired) electrons. The van der Waals surface area contributed by atoms with Gasteiger partial charge in [-0.05, 0) is 19.1 Å². The lowest BCUT2D eigenvalue weighted by Gasteiger charge is -2.03. The van der Waals surface area contributed by atoms with Crippen molar-refractivity contribution in [2.75, 3.05) is 6.61 Å². The molecular formula is C12H13NO5. The molecule has 1 N–H and O–H groups in total. The summed E-state index contributed by atoms with van der Waals surface area (Å²) in [5, 5.41) is 19.0. The second-order valence-corrected chi connectivity index (χ2v) is 3.58. The molecule has 0 heterocycles. The largest absolute Gasteiger partial charge is 0.493 e. The Balaban J connectivity index is 2.43. The molecule has 1 aromatic carbocycles. The zero-order valence-electron chi connectivity index (χ0n) is 9.83. The Morgan fingerprint density at radius 3 is 2.56 bits per heavy atom. The first-order chi connectivity index (χ1) is 8.50. The summed E-state index contributed by atoms with van der Waals surface area (Å²) in [5.74, 6) is -0.438. The molecule has 0 fully saturated rings. The molecule has 0 saturated heterocycles. The van der Waals surface area contributed by atoms with E-state index in [0.717, 1.165) is 0 Å². The maximum atomic E-state index is 10.5. The molecule has 0 aliphatic heterocycles. The summed E-state index contributed by atoms with van der Waals surface area (Å²) in [6.45, 7) is 1.83. The third-order valence-corrected chi connectivity index (χ3v) is 2.22. The first-order valence-electron chi connectivity index (χ1n) is 5.28. The third-order valence-electron chi connectivity index (χ3n) is 2.22. The lowest BCUT2D eigenvalue weighted by Crippen LogP contribution is -1.99. The van der Waals surface area contributed by atoms with Crippen LogP contribution in [0.1, 0.15) is 13.3 Å². The molecule has 0 aliphatic rings. The normalized spacial score (nSPS) is 11.1. The van der Waals surface area contributed by atoms with Crippen LogP contribution in [0.15, 0.2) is 35.9 Å². The number of ether oxygens (including phenoxy) is 1. The Morgan fingerprint density at radius 1 is 1.44 bits per heavy atom. The average molecular weight is 251 g/mol. The standard InChI is InChI=1S/C12H13NO5/c1-9(12(14)15)3-2-8-18-11-6-4-10(5-7-11)13(16)17/h3-7H,2,8H2,1H3,(H,14,15)/b9-3+. The fraction of sp³-hybridized carbons (Fsp3) is 0.250. The summed E-state index contributed by atoms with van der Waals surface area (Å²) in [4.78, 5) is 20.4. The van der Waals surface area contributed by atoms with Crippen LogP contribution < -0.4 is 4.74 Å². The van der Waals surface area contributed by atoms with Gasteiger partial charge < -0.3 is 9.84 Å². The van der Waals surface area contributed by atoms with Gasteiger partial charge in [-0.15, -0.1) is 0 Å². The highest BCUT2D eigenvalue weighted by Gasteiger charge is 2.04. The maximum Gasteiger partial charge on any atom is 0.330 e. The van der Waals surface area contributed by atoms with Crippen LogP contribution in [0.2, 0.25) is 0 Å². The number of nitro groups is 1. The molecule has 0 atom stereocenters. The molecule has 0 bridgehead atoms. The number of carboxylic acid groups (broad SMARTS) is 1. The fourth-order valence-electron chi connectivity index (χ4n) is 1.20. The summed E-state index contributed by atoms with van der Waals surface area (Å²) in [7, 11) is 0. The fourth-order valence-corrected chi connectivity index (χ4v) is 1.20. The number of nitro benzene ring substituents is 1. The summed E-state index contributed by atoms with van der Waals surface area (Å²) >= 11 is 0. The Hall–Kier alpha value is -2.37. The zero-order chi connectivity index (χ0) is 13.5. The summed E-state index contributed by atoms with van der Waals surface area (Å²) in [5.41, 5.74) is 0.270. The number of hydrogen-bond acceptors (Lipinski definition) is 4. The number of hydrogen-bond donors (Lipinski definition) is 1. The quantitative estimate of drug-likeness (QED) is 0.363. The highest BCUT2D eigenvalue weighted by Crippen LogP contribution is 2.17. The van der Waals surface area contributed by atoms with Crippen molar-refractivity contribution in [3.8, 4) is 5.75 Å². The van der Waals surface area contributed by atoms with Crippen LogP contribution in [0, 0.1) is 10.1 Å². The zero-order valence-corrected chi connectivity index (χ0v) is 9.83. The van der Waals surface area contributed by atoms with E-state index in [2.05, 4.69) is 0 Å². The molecule has 6 heteroatoms. The van der Waals surface area contributed by atoms with E-state index >= 15 is 0 Å². The molecule has 0 aromatic heterocycles. The minimum atomic E-state index is -0.953. The van der Waals surface area contributed by atoms with Crippen LogP contribution >= 0.6 is 0 Å². The second kappa shape index (κ2) is 6.39. The van der Waals surface area contributed by atoms with Gasteiger partial charge in [-0.2, -0.15) is 0 Å². The minimum Gasteiger partial charge on any atom is -0.493 e. The molecule has 96 valence electrons. The van der Waals surface area contributed by atoms with Gasteiger partial charge in [0.2, 0.25) is 0 Å². The Morgan fingerprint density at radius 2 is 2.06 bits per heavy atom. The summed E-state index contributed by atoms with van der Waals surface area (Å²) in [6.07, 6.45) is 2.03. The monoisotopic (exact) mass is 251 g/mol. The van der Waals surface area contributed by atoms with Gasteiger partial charge in [0.15, 0.2) is 0 Å². The molecule has 0 aliphatic carbocycles. The van der Waals surface area contributed by atoms with Gasteiger partial charge in [0, 0.05) is 24.1 Å². The predicted octanol–water partition coefficient (Wildman–Crippen LogP) is 2.39. The van der Waals surface area contributed by atoms with Crippen LogP contribution in [-0.2, 0) is 4.79 Å². The van der Waals surface area contributed by atoms with Crippen molar-refractivity contribution in [1.82, 2.24) is 0 Å². The minimum absolute atomic E-state index is 0.00367. The average Bonchev–Trinajstić information content (AvgIpc) is 2.34. The molecule has 1 aromatic rings. The number of carbonyl (C=O) groups is 1. The Kier molecular flexibility index (Phi) is 4.86. The summed E-state index contributed by atoms with van der Waals surface area (Å²) in [6, 6.07) is 5.72. The van der Waals surface area contributed by atoms with Crippen LogP contribution in [-0.4, -0.2) is 22.6 Å². The van der Waals surface area contributed by atoms with Crippen molar-refractivity contribution >= 4 is 11.7 Å². The van der Waals surface area contributed by atoms with Crippen LogP contribution in [0.5, 0.6) is 5.75 Å². The van der Waals surface area contributed by atoms with Gasteiger partial charge in [-0.3, -0.25) is 10.1 Å². The van der Waals surface area contributed by atoms with Crippen molar-refractivity contribution in [1.29, 1.82) is 0 Å². The van der Waals surface area contributed by atoms with E-state index in [-0.39, 0.29) is 11.3 Å². The van der Waals surface area contributed by atoms with Crippen molar-refractivity contribution in [2.24, 2.45) is 0 Å². The highest BCUT2D eigenvalue weighted by molar-refractivity contribution is 5.85. The van der Waals surface area contributed by atoms with Gasteiger partial charge in [-0.1, -0.05) is 6.08 Å². The van der Waals surface area contributed by atoms with E-state index in [9.17, 15) is 14.9 Å². The van der Waals surface area contributed by atoms with Gasteiger partial charge in [0.05, 0.1) is 11.5 Å². The number of carboxylic acids is 1. The SMILES string of the molecule is C/C(=C\CCOc1ccc([N+](=O)[O-])cc1)C(=O)O. The van der Waals surface area contributed by atoms with E-state index in [1.165, 1.54) is 31.2 Å².